The average molecular weight is 456 g/mol. The van der Waals surface area contributed by atoms with Gasteiger partial charge < -0.3 is 4.90 Å². The number of carbonyl (C=O) groups is 1. The zero-order valence-corrected chi connectivity index (χ0v) is 20.1. The quantitative estimate of drug-likeness (QED) is 0.280. The standard InChI is InChI=1S/C28H29N3OS/c1-4-22-15-17-24(18-16-22)30-19-26(23-11-7-5-8-12-23)29-28(30)33-20-27(32)31(21(2)3)25-13-9-6-10-14-25/h5-19,21H,4,20H2,1-3H3. The number of hydrogen-bond acceptors (Lipinski definition) is 3. The van der Waals surface area contributed by atoms with Gasteiger partial charge in [-0.3, -0.25) is 9.36 Å². The van der Waals surface area contributed by atoms with Gasteiger partial charge in [-0.1, -0.05) is 79.3 Å². The van der Waals surface area contributed by atoms with Crippen LogP contribution in [0.2, 0.25) is 0 Å². The van der Waals surface area contributed by atoms with E-state index in [1.54, 1.807) is 0 Å². The molecule has 0 spiro atoms. The Kier molecular flexibility index (Phi) is 7.30. The number of para-hydroxylation sites is 1. The van der Waals surface area contributed by atoms with E-state index in [1.807, 2.05) is 67.3 Å². The van der Waals surface area contributed by atoms with Crippen LogP contribution in [0.5, 0.6) is 0 Å². The predicted octanol–water partition coefficient (Wildman–Crippen LogP) is 6.64. The van der Waals surface area contributed by atoms with E-state index in [-0.39, 0.29) is 11.9 Å². The molecule has 0 aliphatic heterocycles. The van der Waals surface area contributed by atoms with Gasteiger partial charge in [-0.2, -0.15) is 0 Å². The summed E-state index contributed by atoms with van der Waals surface area (Å²) in [6, 6.07) is 28.6. The van der Waals surface area contributed by atoms with Crippen LogP contribution in [0, 0.1) is 0 Å². The first kappa shape index (κ1) is 22.9. The molecule has 5 heteroatoms. The summed E-state index contributed by atoms with van der Waals surface area (Å²) < 4.78 is 2.09. The highest BCUT2D eigenvalue weighted by Crippen LogP contribution is 2.28. The van der Waals surface area contributed by atoms with E-state index in [0.29, 0.717) is 5.75 Å². The smallest absolute Gasteiger partial charge is 0.237 e. The zero-order chi connectivity index (χ0) is 23.2. The van der Waals surface area contributed by atoms with Crippen molar-refractivity contribution in [3.8, 4) is 16.9 Å². The predicted molar refractivity (Wildman–Crippen MR) is 138 cm³/mol. The Morgan fingerprint density at radius 3 is 2.18 bits per heavy atom. The number of hydrogen-bond donors (Lipinski definition) is 0. The van der Waals surface area contributed by atoms with Crippen molar-refractivity contribution in [3.05, 3.63) is 96.7 Å². The molecule has 3 aromatic carbocycles. The summed E-state index contributed by atoms with van der Waals surface area (Å²) >= 11 is 1.48. The summed E-state index contributed by atoms with van der Waals surface area (Å²) in [5, 5.41) is 0.809. The van der Waals surface area contributed by atoms with Gasteiger partial charge in [-0.25, -0.2) is 4.98 Å². The first-order valence-electron chi connectivity index (χ1n) is 11.3. The number of aryl methyl sites for hydroxylation is 1. The lowest BCUT2D eigenvalue weighted by Crippen LogP contribution is -2.38. The Balaban J connectivity index is 1.63. The van der Waals surface area contributed by atoms with Crippen LogP contribution < -0.4 is 4.90 Å². The van der Waals surface area contributed by atoms with E-state index in [0.717, 1.165) is 34.2 Å². The Hall–Kier alpha value is -3.31. The van der Waals surface area contributed by atoms with Crippen LogP contribution in [0.3, 0.4) is 0 Å². The minimum absolute atomic E-state index is 0.0679. The minimum Gasteiger partial charge on any atom is -0.309 e. The first-order chi connectivity index (χ1) is 16.1. The molecular weight excluding hydrogens is 426 g/mol. The van der Waals surface area contributed by atoms with Crippen LogP contribution in [0.15, 0.2) is 96.3 Å². The molecule has 1 amide bonds. The van der Waals surface area contributed by atoms with Crippen LogP contribution >= 0.6 is 11.8 Å². The van der Waals surface area contributed by atoms with Gasteiger partial charge in [0.1, 0.15) is 0 Å². The molecule has 0 unspecified atom stereocenters. The Bertz CT molecular complexity index is 1190. The highest BCUT2D eigenvalue weighted by atomic mass is 32.2. The van der Waals surface area contributed by atoms with E-state index < -0.39 is 0 Å². The molecule has 168 valence electrons. The summed E-state index contributed by atoms with van der Waals surface area (Å²) in [7, 11) is 0. The Morgan fingerprint density at radius 2 is 1.58 bits per heavy atom. The number of anilines is 1. The first-order valence-corrected chi connectivity index (χ1v) is 12.3. The fourth-order valence-electron chi connectivity index (χ4n) is 3.80. The average Bonchev–Trinajstić information content (AvgIpc) is 3.28. The van der Waals surface area contributed by atoms with Gasteiger partial charge in [0.05, 0.1) is 11.4 Å². The normalized spacial score (nSPS) is 11.0. The fourth-order valence-corrected chi connectivity index (χ4v) is 4.66. The summed E-state index contributed by atoms with van der Waals surface area (Å²) in [6.07, 6.45) is 3.06. The zero-order valence-electron chi connectivity index (χ0n) is 19.3. The largest absolute Gasteiger partial charge is 0.309 e. The molecule has 0 saturated heterocycles. The summed E-state index contributed by atoms with van der Waals surface area (Å²) in [5.74, 6) is 0.379. The van der Waals surface area contributed by atoms with Gasteiger partial charge in [0.25, 0.3) is 0 Å². The van der Waals surface area contributed by atoms with E-state index in [2.05, 4.69) is 54.1 Å². The lowest BCUT2D eigenvalue weighted by molar-refractivity contribution is -0.116. The molecule has 4 aromatic rings. The van der Waals surface area contributed by atoms with Crippen molar-refractivity contribution in [3.63, 3.8) is 0 Å². The molecular formula is C28H29N3OS. The number of benzene rings is 3. The molecule has 0 saturated carbocycles. The third-order valence-electron chi connectivity index (χ3n) is 5.51. The lowest BCUT2D eigenvalue weighted by Gasteiger charge is -2.26. The van der Waals surface area contributed by atoms with Crippen molar-refractivity contribution in [2.75, 3.05) is 10.7 Å². The molecule has 33 heavy (non-hydrogen) atoms. The van der Waals surface area contributed by atoms with Crippen molar-refractivity contribution in [2.45, 2.75) is 38.4 Å². The molecule has 4 nitrogen and oxygen atoms in total. The van der Waals surface area contributed by atoms with Crippen molar-refractivity contribution < 1.29 is 4.79 Å². The summed E-state index contributed by atoms with van der Waals surface area (Å²) in [6.45, 7) is 6.23. The number of thioether (sulfide) groups is 1. The maximum Gasteiger partial charge on any atom is 0.237 e. The topological polar surface area (TPSA) is 38.1 Å². The van der Waals surface area contributed by atoms with E-state index in [9.17, 15) is 4.79 Å². The molecule has 0 aliphatic rings. The second-order valence-corrected chi connectivity index (χ2v) is 9.09. The molecule has 0 atom stereocenters. The second-order valence-electron chi connectivity index (χ2n) is 8.15. The third-order valence-corrected chi connectivity index (χ3v) is 6.45. The van der Waals surface area contributed by atoms with Crippen molar-refractivity contribution in [1.29, 1.82) is 0 Å². The van der Waals surface area contributed by atoms with Gasteiger partial charge in [0, 0.05) is 29.2 Å². The summed E-state index contributed by atoms with van der Waals surface area (Å²) in [4.78, 5) is 20.0. The second kappa shape index (κ2) is 10.5. The molecule has 1 heterocycles. The minimum atomic E-state index is 0.0679. The van der Waals surface area contributed by atoms with Gasteiger partial charge in [0.2, 0.25) is 5.91 Å². The maximum atomic E-state index is 13.2. The molecule has 1 aromatic heterocycles. The van der Waals surface area contributed by atoms with E-state index in [1.165, 1.54) is 17.3 Å². The highest BCUT2D eigenvalue weighted by molar-refractivity contribution is 7.99. The molecule has 0 fully saturated rings. The monoisotopic (exact) mass is 455 g/mol. The highest BCUT2D eigenvalue weighted by Gasteiger charge is 2.21. The number of amides is 1. The number of nitrogens with zero attached hydrogens (tertiary/aromatic N) is 3. The molecule has 0 bridgehead atoms. The SMILES string of the molecule is CCc1ccc(-n2cc(-c3ccccc3)nc2SCC(=O)N(c2ccccc2)C(C)C)cc1. The number of imidazole rings is 1. The van der Waals surface area contributed by atoms with Crippen molar-refractivity contribution >= 4 is 23.4 Å². The van der Waals surface area contributed by atoms with Gasteiger partial charge in [0.15, 0.2) is 5.16 Å². The Morgan fingerprint density at radius 1 is 0.939 bits per heavy atom. The molecule has 4 rings (SSSR count). The number of rotatable bonds is 8. The molecule has 0 aliphatic carbocycles. The van der Waals surface area contributed by atoms with E-state index >= 15 is 0 Å². The Labute approximate surface area is 200 Å². The van der Waals surface area contributed by atoms with Crippen LogP contribution in [0.1, 0.15) is 26.3 Å². The van der Waals surface area contributed by atoms with Crippen LogP contribution in [0.25, 0.3) is 16.9 Å². The number of aromatic nitrogens is 2. The molecule has 0 radical (unpaired) electrons. The van der Waals surface area contributed by atoms with Gasteiger partial charge >= 0.3 is 0 Å². The van der Waals surface area contributed by atoms with Crippen molar-refractivity contribution in [1.82, 2.24) is 9.55 Å². The van der Waals surface area contributed by atoms with Crippen molar-refractivity contribution in [2.24, 2.45) is 0 Å². The van der Waals surface area contributed by atoms with Crippen LogP contribution in [-0.4, -0.2) is 27.3 Å². The molecule has 0 N–H and O–H groups in total. The van der Waals surface area contributed by atoms with Gasteiger partial charge in [-0.15, -0.1) is 0 Å². The summed E-state index contributed by atoms with van der Waals surface area (Å²) in [5.41, 5.74) is 5.21. The maximum absolute atomic E-state index is 13.2. The number of carbonyl (C=O) groups excluding carboxylic acids is 1. The fraction of sp³-hybridized carbons (Fsp3) is 0.214. The van der Waals surface area contributed by atoms with E-state index in [4.69, 9.17) is 4.98 Å². The van der Waals surface area contributed by atoms with Gasteiger partial charge in [-0.05, 0) is 50.1 Å². The van der Waals surface area contributed by atoms with Crippen LogP contribution in [0.4, 0.5) is 5.69 Å². The third kappa shape index (κ3) is 5.37. The lowest BCUT2D eigenvalue weighted by atomic mass is 10.1. The van der Waals surface area contributed by atoms with Crippen LogP contribution in [-0.2, 0) is 11.2 Å².